The van der Waals surface area contributed by atoms with E-state index in [-0.39, 0.29) is 6.03 Å². The van der Waals surface area contributed by atoms with E-state index >= 15 is 0 Å². The Morgan fingerprint density at radius 2 is 1.91 bits per heavy atom. The van der Waals surface area contributed by atoms with Crippen molar-refractivity contribution >= 4 is 17.4 Å². The van der Waals surface area contributed by atoms with Crippen LogP contribution in [0.15, 0.2) is 36.4 Å². The standard InChI is InChI=1S/C18H22N2O2/c1-5-14-8-6-7-13(3)17(14)20-18(21)19-15-11-12(2)9-10-16(15)22-4/h6-11H,5H2,1-4H3,(H2,19,20,21). The molecular formula is C18H22N2O2. The fourth-order valence-corrected chi connectivity index (χ4v) is 2.39. The molecule has 0 aliphatic carbocycles. The molecule has 2 amide bonds. The van der Waals surface area contributed by atoms with Crippen molar-refractivity contribution in [3.05, 3.63) is 53.1 Å². The number of anilines is 2. The maximum Gasteiger partial charge on any atom is 0.323 e. The number of amides is 2. The fraction of sp³-hybridized carbons (Fsp3) is 0.278. The predicted octanol–water partition coefficient (Wildman–Crippen LogP) is 4.52. The van der Waals surface area contributed by atoms with Crippen LogP contribution in [-0.2, 0) is 6.42 Å². The number of aryl methyl sites for hydroxylation is 3. The number of carbonyl (C=O) groups excluding carboxylic acids is 1. The monoisotopic (exact) mass is 298 g/mol. The first-order chi connectivity index (χ1) is 10.5. The molecule has 0 saturated carbocycles. The molecule has 2 rings (SSSR count). The molecule has 0 unspecified atom stereocenters. The van der Waals surface area contributed by atoms with Crippen molar-refractivity contribution in [3.8, 4) is 5.75 Å². The van der Waals surface area contributed by atoms with Crippen molar-refractivity contribution < 1.29 is 9.53 Å². The van der Waals surface area contributed by atoms with Crippen LogP contribution in [0.25, 0.3) is 0 Å². The molecule has 0 atom stereocenters. The minimum absolute atomic E-state index is 0.270. The molecule has 2 N–H and O–H groups in total. The Morgan fingerprint density at radius 1 is 1.14 bits per heavy atom. The lowest BCUT2D eigenvalue weighted by Crippen LogP contribution is -2.21. The van der Waals surface area contributed by atoms with Crippen LogP contribution in [0, 0.1) is 13.8 Å². The highest BCUT2D eigenvalue weighted by molar-refractivity contribution is 6.01. The Hall–Kier alpha value is -2.49. The molecule has 0 aromatic heterocycles. The summed E-state index contributed by atoms with van der Waals surface area (Å²) in [6.07, 6.45) is 0.866. The van der Waals surface area contributed by atoms with Gasteiger partial charge in [0.05, 0.1) is 12.8 Å². The summed E-state index contributed by atoms with van der Waals surface area (Å²) < 4.78 is 5.28. The summed E-state index contributed by atoms with van der Waals surface area (Å²) in [5, 5.41) is 5.80. The number of benzene rings is 2. The van der Waals surface area contributed by atoms with Crippen LogP contribution in [0.3, 0.4) is 0 Å². The topological polar surface area (TPSA) is 50.4 Å². The first-order valence-corrected chi connectivity index (χ1v) is 7.36. The van der Waals surface area contributed by atoms with Crippen molar-refractivity contribution in [1.29, 1.82) is 0 Å². The largest absolute Gasteiger partial charge is 0.495 e. The van der Waals surface area contributed by atoms with Crippen molar-refractivity contribution in [2.45, 2.75) is 27.2 Å². The molecule has 0 bridgehead atoms. The second-order valence-corrected chi connectivity index (χ2v) is 5.25. The van der Waals surface area contributed by atoms with Gasteiger partial charge in [0.25, 0.3) is 0 Å². The highest BCUT2D eigenvalue weighted by Crippen LogP contribution is 2.26. The van der Waals surface area contributed by atoms with E-state index in [0.29, 0.717) is 11.4 Å². The van der Waals surface area contributed by atoms with E-state index in [2.05, 4.69) is 17.6 Å². The molecule has 0 heterocycles. The van der Waals surface area contributed by atoms with Crippen LogP contribution in [0.5, 0.6) is 5.75 Å². The molecule has 116 valence electrons. The number of methoxy groups -OCH3 is 1. The lowest BCUT2D eigenvalue weighted by molar-refractivity contribution is 0.262. The summed E-state index contributed by atoms with van der Waals surface area (Å²) in [5.41, 5.74) is 4.75. The highest BCUT2D eigenvalue weighted by atomic mass is 16.5. The Bertz CT molecular complexity index is 681. The van der Waals surface area contributed by atoms with E-state index in [0.717, 1.165) is 28.8 Å². The molecule has 0 saturated heterocycles. The molecule has 0 fully saturated rings. The van der Waals surface area contributed by atoms with Crippen LogP contribution >= 0.6 is 0 Å². The molecule has 0 aliphatic heterocycles. The summed E-state index contributed by atoms with van der Waals surface area (Å²) >= 11 is 0. The zero-order valence-electron chi connectivity index (χ0n) is 13.5. The minimum Gasteiger partial charge on any atom is -0.495 e. The van der Waals surface area contributed by atoms with Gasteiger partial charge in [-0.15, -0.1) is 0 Å². The molecule has 2 aromatic rings. The van der Waals surface area contributed by atoms with Crippen LogP contribution in [0.1, 0.15) is 23.6 Å². The van der Waals surface area contributed by atoms with E-state index in [1.165, 1.54) is 0 Å². The third kappa shape index (κ3) is 3.58. The summed E-state index contributed by atoms with van der Waals surface area (Å²) in [7, 11) is 1.59. The van der Waals surface area contributed by atoms with Crippen molar-refractivity contribution in [3.63, 3.8) is 0 Å². The Labute approximate surface area is 131 Å². The number of nitrogens with one attached hydrogen (secondary N) is 2. The van der Waals surface area contributed by atoms with E-state index in [4.69, 9.17) is 4.74 Å². The maximum absolute atomic E-state index is 12.3. The van der Waals surface area contributed by atoms with Crippen molar-refractivity contribution in [2.24, 2.45) is 0 Å². The first-order valence-electron chi connectivity index (χ1n) is 7.36. The van der Waals surface area contributed by atoms with Gasteiger partial charge in [-0.25, -0.2) is 4.79 Å². The number of hydrogen-bond acceptors (Lipinski definition) is 2. The van der Waals surface area contributed by atoms with Gasteiger partial charge in [-0.3, -0.25) is 0 Å². The number of rotatable bonds is 4. The first kappa shape index (κ1) is 15.9. The number of urea groups is 1. The van der Waals surface area contributed by atoms with Gasteiger partial charge in [-0.2, -0.15) is 0 Å². The number of hydrogen-bond donors (Lipinski definition) is 2. The predicted molar refractivity (Wildman–Crippen MR) is 90.9 cm³/mol. The molecule has 0 spiro atoms. The van der Waals surface area contributed by atoms with Gasteiger partial charge in [0.1, 0.15) is 5.75 Å². The molecule has 4 nitrogen and oxygen atoms in total. The third-order valence-electron chi connectivity index (χ3n) is 3.58. The Morgan fingerprint density at radius 3 is 2.59 bits per heavy atom. The van der Waals surface area contributed by atoms with E-state index in [9.17, 15) is 4.79 Å². The summed E-state index contributed by atoms with van der Waals surface area (Å²) in [4.78, 5) is 12.3. The van der Waals surface area contributed by atoms with E-state index in [1.54, 1.807) is 7.11 Å². The second-order valence-electron chi connectivity index (χ2n) is 5.25. The van der Waals surface area contributed by atoms with Gasteiger partial charge >= 0.3 is 6.03 Å². The van der Waals surface area contributed by atoms with Gasteiger partial charge in [0.2, 0.25) is 0 Å². The zero-order chi connectivity index (χ0) is 16.1. The van der Waals surface area contributed by atoms with Crippen LogP contribution in [-0.4, -0.2) is 13.1 Å². The lowest BCUT2D eigenvalue weighted by atomic mass is 10.1. The molecule has 0 radical (unpaired) electrons. The Kier molecular flexibility index (Phi) is 5.04. The third-order valence-corrected chi connectivity index (χ3v) is 3.58. The average molecular weight is 298 g/mol. The summed E-state index contributed by atoms with van der Waals surface area (Å²) in [6, 6.07) is 11.4. The number of ether oxygens (including phenoxy) is 1. The molecule has 2 aromatic carbocycles. The van der Waals surface area contributed by atoms with E-state index in [1.807, 2.05) is 50.2 Å². The molecule has 22 heavy (non-hydrogen) atoms. The van der Waals surface area contributed by atoms with Crippen molar-refractivity contribution in [2.75, 3.05) is 17.7 Å². The zero-order valence-corrected chi connectivity index (χ0v) is 13.5. The van der Waals surface area contributed by atoms with Gasteiger partial charge < -0.3 is 15.4 Å². The summed E-state index contributed by atoms with van der Waals surface area (Å²) in [5.74, 6) is 0.640. The lowest BCUT2D eigenvalue weighted by Gasteiger charge is -2.15. The number of para-hydroxylation sites is 1. The Balaban J connectivity index is 2.19. The fourth-order valence-electron chi connectivity index (χ4n) is 2.39. The second kappa shape index (κ2) is 6.98. The van der Waals surface area contributed by atoms with Crippen LogP contribution in [0.2, 0.25) is 0 Å². The SMILES string of the molecule is CCc1cccc(C)c1NC(=O)Nc1cc(C)ccc1OC. The smallest absolute Gasteiger partial charge is 0.323 e. The molecule has 4 heteroatoms. The van der Waals surface area contributed by atoms with Crippen LogP contribution in [0.4, 0.5) is 16.2 Å². The number of carbonyl (C=O) groups is 1. The normalized spacial score (nSPS) is 10.2. The molecular weight excluding hydrogens is 276 g/mol. The highest BCUT2D eigenvalue weighted by Gasteiger charge is 2.11. The maximum atomic E-state index is 12.3. The van der Waals surface area contributed by atoms with E-state index < -0.39 is 0 Å². The van der Waals surface area contributed by atoms with Gasteiger partial charge in [-0.1, -0.05) is 31.2 Å². The van der Waals surface area contributed by atoms with Crippen molar-refractivity contribution in [1.82, 2.24) is 0 Å². The molecule has 0 aliphatic rings. The van der Waals surface area contributed by atoms with Gasteiger partial charge in [-0.05, 0) is 49.1 Å². The average Bonchev–Trinajstić information content (AvgIpc) is 2.49. The minimum atomic E-state index is -0.270. The quantitative estimate of drug-likeness (QED) is 0.872. The summed E-state index contributed by atoms with van der Waals surface area (Å²) in [6.45, 7) is 6.03. The van der Waals surface area contributed by atoms with Gasteiger partial charge in [0, 0.05) is 5.69 Å². The van der Waals surface area contributed by atoms with Crippen LogP contribution < -0.4 is 15.4 Å². The van der Waals surface area contributed by atoms with Gasteiger partial charge in [0.15, 0.2) is 0 Å².